The highest BCUT2D eigenvalue weighted by atomic mass is 32.2. The van der Waals surface area contributed by atoms with Crippen LogP contribution in [0.15, 0.2) is 18.5 Å². The van der Waals surface area contributed by atoms with Gasteiger partial charge < -0.3 is 10.2 Å². The van der Waals surface area contributed by atoms with Crippen molar-refractivity contribution in [3.05, 3.63) is 18.5 Å². The van der Waals surface area contributed by atoms with E-state index in [4.69, 9.17) is 0 Å². The second kappa shape index (κ2) is 6.15. The third kappa shape index (κ3) is 3.28. The Morgan fingerprint density at radius 2 is 2.24 bits per heavy atom. The highest BCUT2D eigenvalue weighted by Crippen LogP contribution is 2.25. The van der Waals surface area contributed by atoms with Crippen molar-refractivity contribution in [1.29, 1.82) is 0 Å². The van der Waals surface area contributed by atoms with Gasteiger partial charge in [-0.05, 0) is 31.6 Å². The van der Waals surface area contributed by atoms with Gasteiger partial charge in [-0.2, -0.15) is 11.8 Å². The molecule has 2 heterocycles. The Labute approximate surface area is 108 Å². The van der Waals surface area contributed by atoms with Crippen molar-refractivity contribution in [1.82, 2.24) is 4.98 Å². The minimum Gasteiger partial charge on any atom is -0.387 e. The number of hydrogen-bond acceptors (Lipinski definition) is 4. The molecule has 2 rings (SSSR count). The largest absolute Gasteiger partial charge is 0.387 e. The SMILES string of the molecule is CNc1cncc(N2CCCC(SC)CC2)c1. The lowest BCUT2D eigenvalue weighted by Gasteiger charge is -2.22. The molecule has 0 aromatic carbocycles. The average molecular weight is 251 g/mol. The molecule has 0 amide bonds. The van der Waals surface area contributed by atoms with Gasteiger partial charge in [-0.3, -0.25) is 4.98 Å². The number of rotatable bonds is 3. The van der Waals surface area contributed by atoms with Gasteiger partial charge in [-0.25, -0.2) is 0 Å². The molecular weight excluding hydrogens is 230 g/mol. The van der Waals surface area contributed by atoms with Crippen molar-refractivity contribution < 1.29 is 0 Å². The minimum atomic E-state index is 0.834. The molecule has 0 aliphatic carbocycles. The van der Waals surface area contributed by atoms with Crippen LogP contribution in [0.25, 0.3) is 0 Å². The molecule has 1 aromatic rings. The van der Waals surface area contributed by atoms with Gasteiger partial charge in [0, 0.05) is 25.4 Å². The Bertz CT molecular complexity index is 356. The minimum absolute atomic E-state index is 0.834. The molecule has 1 unspecified atom stereocenters. The molecule has 0 radical (unpaired) electrons. The molecule has 3 nitrogen and oxygen atoms in total. The zero-order chi connectivity index (χ0) is 12.1. The van der Waals surface area contributed by atoms with Crippen molar-refractivity contribution in [2.45, 2.75) is 24.5 Å². The van der Waals surface area contributed by atoms with Crippen LogP contribution < -0.4 is 10.2 Å². The maximum Gasteiger partial charge on any atom is 0.0573 e. The molecule has 1 aliphatic rings. The lowest BCUT2D eigenvalue weighted by molar-refractivity contribution is 0.745. The summed E-state index contributed by atoms with van der Waals surface area (Å²) in [6.45, 7) is 2.31. The highest BCUT2D eigenvalue weighted by molar-refractivity contribution is 7.99. The maximum absolute atomic E-state index is 4.29. The van der Waals surface area contributed by atoms with E-state index in [9.17, 15) is 0 Å². The summed E-state index contributed by atoms with van der Waals surface area (Å²) in [7, 11) is 1.94. The monoisotopic (exact) mass is 251 g/mol. The second-order valence-electron chi connectivity index (χ2n) is 4.46. The summed E-state index contributed by atoms with van der Waals surface area (Å²) in [6, 6.07) is 2.19. The molecule has 0 saturated carbocycles. The van der Waals surface area contributed by atoms with Crippen LogP contribution in [0.4, 0.5) is 11.4 Å². The fourth-order valence-electron chi connectivity index (χ4n) is 2.30. The van der Waals surface area contributed by atoms with Gasteiger partial charge in [0.25, 0.3) is 0 Å². The van der Waals surface area contributed by atoms with Crippen LogP contribution in [0, 0.1) is 0 Å². The summed E-state index contributed by atoms with van der Waals surface area (Å²) in [5.74, 6) is 0. The first kappa shape index (κ1) is 12.6. The molecule has 17 heavy (non-hydrogen) atoms. The van der Waals surface area contributed by atoms with Crippen LogP contribution in [0.2, 0.25) is 0 Å². The van der Waals surface area contributed by atoms with Crippen molar-refractivity contribution in [3.63, 3.8) is 0 Å². The lowest BCUT2D eigenvalue weighted by atomic mass is 10.2. The zero-order valence-corrected chi connectivity index (χ0v) is 11.5. The fourth-order valence-corrected chi connectivity index (χ4v) is 3.04. The van der Waals surface area contributed by atoms with E-state index in [1.807, 2.05) is 31.2 Å². The normalized spacial score (nSPS) is 21.1. The smallest absolute Gasteiger partial charge is 0.0573 e. The van der Waals surface area contributed by atoms with Gasteiger partial charge in [0.15, 0.2) is 0 Å². The Morgan fingerprint density at radius 1 is 1.35 bits per heavy atom. The van der Waals surface area contributed by atoms with Crippen LogP contribution >= 0.6 is 11.8 Å². The predicted octanol–water partition coefficient (Wildman–Crippen LogP) is 2.85. The first-order valence-corrected chi connectivity index (χ1v) is 7.53. The third-order valence-electron chi connectivity index (χ3n) is 3.39. The fraction of sp³-hybridized carbons (Fsp3) is 0.615. The second-order valence-corrected chi connectivity index (χ2v) is 5.60. The van der Waals surface area contributed by atoms with Gasteiger partial charge in [-0.15, -0.1) is 0 Å². The third-order valence-corrected chi connectivity index (χ3v) is 4.52. The van der Waals surface area contributed by atoms with Crippen molar-refractivity contribution in [3.8, 4) is 0 Å². The number of nitrogens with zero attached hydrogens (tertiary/aromatic N) is 2. The van der Waals surface area contributed by atoms with Crippen LogP contribution in [0.3, 0.4) is 0 Å². The molecule has 1 saturated heterocycles. The van der Waals surface area contributed by atoms with E-state index in [0.717, 1.165) is 24.0 Å². The molecule has 1 aliphatic heterocycles. The summed E-state index contributed by atoms with van der Waals surface area (Å²) in [4.78, 5) is 6.75. The number of pyridine rings is 1. The molecule has 1 N–H and O–H groups in total. The van der Waals surface area contributed by atoms with E-state index in [1.165, 1.54) is 24.9 Å². The quantitative estimate of drug-likeness (QED) is 0.894. The van der Waals surface area contributed by atoms with Crippen molar-refractivity contribution >= 4 is 23.1 Å². The summed E-state index contributed by atoms with van der Waals surface area (Å²) in [6.07, 6.45) is 9.98. The van der Waals surface area contributed by atoms with Crippen LogP contribution in [-0.4, -0.2) is 36.6 Å². The van der Waals surface area contributed by atoms with Crippen LogP contribution in [0.1, 0.15) is 19.3 Å². The first-order valence-electron chi connectivity index (χ1n) is 6.24. The van der Waals surface area contributed by atoms with Gasteiger partial charge in [0.2, 0.25) is 0 Å². The molecule has 1 aromatic heterocycles. The van der Waals surface area contributed by atoms with Crippen LogP contribution in [0.5, 0.6) is 0 Å². The van der Waals surface area contributed by atoms with Gasteiger partial charge >= 0.3 is 0 Å². The maximum atomic E-state index is 4.29. The van der Waals surface area contributed by atoms with Crippen molar-refractivity contribution in [2.24, 2.45) is 0 Å². The van der Waals surface area contributed by atoms with E-state index < -0.39 is 0 Å². The molecule has 0 spiro atoms. The zero-order valence-electron chi connectivity index (χ0n) is 10.6. The molecule has 1 atom stereocenters. The van der Waals surface area contributed by atoms with Gasteiger partial charge in [0.05, 0.1) is 23.8 Å². The van der Waals surface area contributed by atoms with E-state index in [-0.39, 0.29) is 0 Å². The number of nitrogens with one attached hydrogen (secondary N) is 1. The number of anilines is 2. The van der Waals surface area contributed by atoms with E-state index >= 15 is 0 Å². The van der Waals surface area contributed by atoms with Crippen molar-refractivity contribution in [2.75, 3.05) is 36.6 Å². The summed E-state index contributed by atoms with van der Waals surface area (Å²) >= 11 is 2.01. The number of thioether (sulfide) groups is 1. The highest BCUT2D eigenvalue weighted by Gasteiger charge is 2.16. The topological polar surface area (TPSA) is 28.2 Å². The number of hydrogen-bond donors (Lipinski definition) is 1. The molecular formula is C13H21N3S. The Balaban J connectivity index is 2.05. The van der Waals surface area contributed by atoms with E-state index in [0.29, 0.717) is 0 Å². The Morgan fingerprint density at radius 3 is 3.00 bits per heavy atom. The lowest BCUT2D eigenvalue weighted by Crippen LogP contribution is -2.24. The standard InChI is InChI=1S/C13H21N3S/c1-14-11-8-12(10-15-9-11)16-6-3-4-13(17-2)5-7-16/h8-10,13-14H,3-7H2,1-2H3. The van der Waals surface area contributed by atoms with E-state index in [2.05, 4.69) is 27.5 Å². The van der Waals surface area contributed by atoms with Gasteiger partial charge in [0.1, 0.15) is 0 Å². The summed E-state index contributed by atoms with van der Waals surface area (Å²) in [5, 5.41) is 3.98. The number of aromatic nitrogens is 1. The molecule has 0 bridgehead atoms. The van der Waals surface area contributed by atoms with Gasteiger partial charge in [-0.1, -0.05) is 0 Å². The molecule has 4 heteroatoms. The molecule has 94 valence electrons. The average Bonchev–Trinajstić information content (AvgIpc) is 2.64. The van der Waals surface area contributed by atoms with E-state index in [1.54, 1.807) is 0 Å². The summed E-state index contributed by atoms with van der Waals surface area (Å²) < 4.78 is 0. The predicted molar refractivity (Wildman–Crippen MR) is 77.2 cm³/mol. The first-order chi connectivity index (χ1) is 8.33. The Hall–Kier alpha value is -0.900. The molecule has 1 fully saturated rings. The Kier molecular flexibility index (Phi) is 4.54. The summed E-state index contributed by atoms with van der Waals surface area (Å²) in [5.41, 5.74) is 2.34. The van der Waals surface area contributed by atoms with Crippen LogP contribution in [-0.2, 0) is 0 Å².